The van der Waals surface area contributed by atoms with E-state index < -0.39 is 0 Å². The molecule has 16 heavy (non-hydrogen) atoms. The zero-order valence-electron chi connectivity index (χ0n) is 10.9. The Labute approximate surface area is 100 Å². The molecule has 0 amide bonds. The summed E-state index contributed by atoms with van der Waals surface area (Å²) in [5, 5.41) is 9.16. The van der Waals surface area contributed by atoms with Crippen LogP contribution in [0.25, 0.3) is 0 Å². The molecular weight excluding hydrogens is 200 g/mol. The van der Waals surface area contributed by atoms with Crippen LogP contribution in [0.15, 0.2) is 0 Å². The summed E-state index contributed by atoms with van der Waals surface area (Å²) in [4.78, 5) is 2.45. The molecule has 1 saturated carbocycles. The van der Waals surface area contributed by atoms with Gasteiger partial charge in [0.05, 0.1) is 6.61 Å². The van der Waals surface area contributed by atoms with Gasteiger partial charge in [-0.15, -0.1) is 0 Å². The summed E-state index contributed by atoms with van der Waals surface area (Å²) >= 11 is 0. The van der Waals surface area contributed by atoms with Crippen molar-refractivity contribution in [3.63, 3.8) is 0 Å². The highest BCUT2D eigenvalue weighted by Crippen LogP contribution is 2.25. The molecule has 0 aliphatic heterocycles. The van der Waals surface area contributed by atoms with E-state index >= 15 is 0 Å². The van der Waals surface area contributed by atoms with Gasteiger partial charge in [-0.2, -0.15) is 0 Å². The van der Waals surface area contributed by atoms with E-state index in [1.54, 1.807) is 0 Å². The number of hydrogen-bond donors (Lipinski definition) is 2. The lowest BCUT2D eigenvalue weighted by atomic mass is 9.89. The van der Waals surface area contributed by atoms with E-state index in [0.29, 0.717) is 12.6 Å². The van der Waals surface area contributed by atoms with E-state index in [1.807, 2.05) is 0 Å². The van der Waals surface area contributed by atoms with Gasteiger partial charge in [0, 0.05) is 19.1 Å². The third-order valence-corrected chi connectivity index (χ3v) is 3.66. The highest BCUT2D eigenvalue weighted by atomic mass is 16.3. The Balaban J connectivity index is 2.51. The summed E-state index contributed by atoms with van der Waals surface area (Å²) in [6.07, 6.45) is 6.65. The van der Waals surface area contributed by atoms with Crippen molar-refractivity contribution in [3.05, 3.63) is 0 Å². The van der Waals surface area contributed by atoms with Gasteiger partial charge in [0.25, 0.3) is 0 Å². The topological polar surface area (TPSA) is 49.5 Å². The third-order valence-electron chi connectivity index (χ3n) is 3.66. The smallest absolute Gasteiger partial charge is 0.0558 e. The van der Waals surface area contributed by atoms with Crippen LogP contribution in [0.3, 0.4) is 0 Å². The largest absolute Gasteiger partial charge is 0.395 e. The van der Waals surface area contributed by atoms with Crippen molar-refractivity contribution < 1.29 is 5.11 Å². The number of hydrogen-bond acceptors (Lipinski definition) is 3. The summed E-state index contributed by atoms with van der Waals surface area (Å²) in [5.41, 5.74) is 5.95. The molecule has 0 saturated heterocycles. The predicted molar refractivity (Wildman–Crippen MR) is 68.4 cm³/mol. The van der Waals surface area contributed by atoms with E-state index in [2.05, 4.69) is 18.7 Å². The molecule has 1 aliphatic rings. The van der Waals surface area contributed by atoms with Crippen LogP contribution in [0.5, 0.6) is 0 Å². The van der Waals surface area contributed by atoms with Gasteiger partial charge in [0.15, 0.2) is 0 Å². The molecular formula is C13H28N2O. The van der Waals surface area contributed by atoms with Gasteiger partial charge in [-0.1, -0.05) is 33.1 Å². The maximum absolute atomic E-state index is 9.16. The molecule has 3 heteroatoms. The molecule has 0 spiro atoms. The van der Waals surface area contributed by atoms with E-state index in [9.17, 15) is 0 Å². The van der Waals surface area contributed by atoms with Crippen LogP contribution in [-0.4, -0.2) is 42.3 Å². The summed E-state index contributed by atoms with van der Waals surface area (Å²) in [6.45, 7) is 7.20. The number of nitrogens with zero attached hydrogens (tertiary/aromatic N) is 1. The minimum Gasteiger partial charge on any atom is -0.395 e. The fourth-order valence-corrected chi connectivity index (χ4v) is 2.58. The Bertz CT molecular complexity index is 188. The molecule has 0 aromatic rings. The number of nitrogens with two attached hydrogens (primary N) is 1. The second-order valence-corrected chi connectivity index (χ2v) is 5.85. The first-order chi connectivity index (χ1) is 7.59. The summed E-state index contributed by atoms with van der Waals surface area (Å²) in [6, 6.07) is 0.673. The van der Waals surface area contributed by atoms with Crippen LogP contribution >= 0.6 is 0 Å². The molecule has 3 N–H and O–H groups in total. The summed E-state index contributed by atoms with van der Waals surface area (Å²) < 4.78 is 0. The molecule has 0 radical (unpaired) electrons. The Kier molecular flexibility index (Phi) is 5.73. The van der Waals surface area contributed by atoms with Crippen LogP contribution in [0.2, 0.25) is 0 Å². The van der Waals surface area contributed by atoms with Crippen LogP contribution in [0, 0.1) is 5.41 Å². The average Bonchev–Trinajstić information content (AvgIpc) is 2.29. The molecule has 3 nitrogen and oxygen atoms in total. The van der Waals surface area contributed by atoms with E-state index in [0.717, 1.165) is 13.1 Å². The summed E-state index contributed by atoms with van der Waals surface area (Å²) in [5.74, 6) is 0. The van der Waals surface area contributed by atoms with Gasteiger partial charge in [-0.3, -0.25) is 4.90 Å². The molecule has 0 bridgehead atoms. The summed E-state index contributed by atoms with van der Waals surface area (Å²) in [7, 11) is 0. The van der Waals surface area contributed by atoms with Crippen molar-refractivity contribution >= 4 is 0 Å². The average molecular weight is 228 g/mol. The number of aliphatic hydroxyl groups excluding tert-OH is 1. The van der Waals surface area contributed by atoms with Gasteiger partial charge in [-0.05, 0) is 24.8 Å². The van der Waals surface area contributed by atoms with Crippen molar-refractivity contribution in [1.82, 2.24) is 4.90 Å². The zero-order valence-corrected chi connectivity index (χ0v) is 10.9. The Morgan fingerprint density at radius 3 is 2.38 bits per heavy atom. The number of rotatable bonds is 6. The molecule has 96 valence electrons. The molecule has 1 fully saturated rings. The lowest BCUT2D eigenvalue weighted by Gasteiger charge is -2.38. The van der Waals surface area contributed by atoms with Gasteiger partial charge in [-0.25, -0.2) is 0 Å². The lowest BCUT2D eigenvalue weighted by Crippen LogP contribution is -2.46. The minimum absolute atomic E-state index is 0.159. The second-order valence-electron chi connectivity index (χ2n) is 5.85. The molecule has 1 aliphatic carbocycles. The van der Waals surface area contributed by atoms with E-state index in [4.69, 9.17) is 10.8 Å². The molecule has 0 atom stereocenters. The van der Waals surface area contributed by atoms with Gasteiger partial charge in [0.1, 0.15) is 0 Å². The molecule has 0 heterocycles. The van der Waals surface area contributed by atoms with Crippen molar-refractivity contribution in [2.24, 2.45) is 11.1 Å². The van der Waals surface area contributed by atoms with Gasteiger partial charge >= 0.3 is 0 Å². The van der Waals surface area contributed by atoms with Crippen molar-refractivity contribution in [3.8, 4) is 0 Å². The first kappa shape index (κ1) is 13.9. The fraction of sp³-hybridized carbons (Fsp3) is 1.00. The SMILES string of the molecule is CC(C)(CN)CN(CCO)C1CCCCC1. The predicted octanol–water partition coefficient (Wildman–Crippen LogP) is 1.60. The first-order valence-corrected chi connectivity index (χ1v) is 6.64. The maximum atomic E-state index is 9.16. The molecule has 0 aromatic carbocycles. The van der Waals surface area contributed by atoms with Crippen LogP contribution in [0.1, 0.15) is 46.0 Å². The Morgan fingerprint density at radius 2 is 1.88 bits per heavy atom. The quantitative estimate of drug-likeness (QED) is 0.726. The standard InChI is InChI=1S/C13H28N2O/c1-13(2,10-14)11-15(8-9-16)12-6-4-3-5-7-12/h12,16H,3-11,14H2,1-2H3. The Morgan fingerprint density at radius 1 is 1.25 bits per heavy atom. The minimum atomic E-state index is 0.159. The van der Waals surface area contributed by atoms with Crippen LogP contribution in [-0.2, 0) is 0 Å². The van der Waals surface area contributed by atoms with E-state index in [-0.39, 0.29) is 12.0 Å². The molecule has 0 unspecified atom stereocenters. The zero-order chi connectivity index (χ0) is 12.0. The fourth-order valence-electron chi connectivity index (χ4n) is 2.58. The van der Waals surface area contributed by atoms with Gasteiger partial charge in [0.2, 0.25) is 0 Å². The Hall–Kier alpha value is -0.120. The highest BCUT2D eigenvalue weighted by Gasteiger charge is 2.26. The first-order valence-electron chi connectivity index (χ1n) is 6.64. The monoisotopic (exact) mass is 228 g/mol. The van der Waals surface area contributed by atoms with E-state index in [1.165, 1.54) is 32.1 Å². The number of aliphatic hydroxyl groups is 1. The maximum Gasteiger partial charge on any atom is 0.0558 e. The normalized spacial score (nSPS) is 19.3. The third kappa shape index (κ3) is 4.40. The van der Waals surface area contributed by atoms with Crippen LogP contribution in [0.4, 0.5) is 0 Å². The molecule has 0 aromatic heterocycles. The van der Waals surface area contributed by atoms with Crippen molar-refractivity contribution in [1.29, 1.82) is 0 Å². The van der Waals surface area contributed by atoms with Crippen molar-refractivity contribution in [2.45, 2.75) is 52.0 Å². The highest BCUT2D eigenvalue weighted by molar-refractivity contribution is 4.81. The molecule has 1 rings (SSSR count). The second kappa shape index (κ2) is 6.58. The van der Waals surface area contributed by atoms with Crippen LogP contribution < -0.4 is 5.73 Å². The van der Waals surface area contributed by atoms with Crippen molar-refractivity contribution in [2.75, 3.05) is 26.2 Å². The lowest BCUT2D eigenvalue weighted by molar-refractivity contribution is 0.0856. The van der Waals surface area contributed by atoms with Gasteiger partial charge < -0.3 is 10.8 Å².